The molecule has 8 heteroatoms. The van der Waals surface area contributed by atoms with E-state index in [-0.39, 0.29) is 13.2 Å². The van der Waals surface area contributed by atoms with Crippen molar-refractivity contribution in [2.24, 2.45) is 0 Å². The number of ether oxygens (including phenoxy) is 2. The topological polar surface area (TPSA) is 58.9 Å². The minimum atomic E-state index is -0.883. The number of rotatable bonds is 15. The second-order valence-corrected chi connectivity index (χ2v) is 30.6. The second-order valence-electron chi connectivity index (χ2n) is 19.5. The van der Waals surface area contributed by atoms with Gasteiger partial charge in [-0.2, -0.15) is 0 Å². The molecule has 2 N–H and O–H groups in total. The molecule has 0 aromatic heterocycles. The molecule has 0 atom stereocenters. The Morgan fingerprint density at radius 2 is 0.630 bits per heavy atom. The molecule has 1 aliphatic rings. The van der Waals surface area contributed by atoms with Gasteiger partial charge in [0.15, 0.2) is 0 Å². The highest BCUT2D eigenvalue weighted by Crippen LogP contribution is 2.52. The fourth-order valence-corrected chi connectivity index (χ4v) is 21.6. The van der Waals surface area contributed by atoms with Gasteiger partial charge in [0.05, 0.1) is 26.4 Å². The molecule has 0 fully saturated rings. The highest BCUT2D eigenvalue weighted by Gasteiger charge is 2.32. The predicted molar refractivity (Wildman–Crippen MR) is 322 cm³/mol. The van der Waals surface area contributed by atoms with Crippen molar-refractivity contribution in [3.8, 4) is 33.8 Å². The van der Waals surface area contributed by atoms with Crippen LogP contribution in [0.4, 0.5) is 0 Å². The highest BCUT2D eigenvalue weighted by molar-refractivity contribution is 7.81. The molecule has 376 valence electrons. The van der Waals surface area contributed by atoms with Gasteiger partial charge in [0.2, 0.25) is 0 Å². The van der Waals surface area contributed by atoms with Gasteiger partial charge in [-0.05, 0) is 115 Å². The zero-order valence-electron chi connectivity index (χ0n) is 43.8. The molecule has 9 rings (SSSR count). The predicted octanol–water partition coefficient (Wildman–Crippen LogP) is 13.2. The lowest BCUT2D eigenvalue weighted by Gasteiger charge is -2.33. The lowest BCUT2D eigenvalue weighted by molar-refractivity contribution is 0.252. The summed E-state index contributed by atoms with van der Waals surface area (Å²) in [6.07, 6.45) is 0.825. The molecular formula is C65H72O4P4. The van der Waals surface area contributed by atoms with Crippen molar-refractivity contribution < 1.29 is 19.7 Å². The van der Waals surface area contributed by atoms with Gasteiger partial charge < -0.3 is 19.7 Å². The Hall–Kier alpha value is -5.00. The molecule has 0 bridgehead atoms. The molecule has 0 unspecified atom stereocenters. The maximum Gasteiger partial charge on any atom is 0.127 e. The number of hydrogen-bond acceptors (Lipinski definition) is 4. The van der Waals surface area contributed by atoms with Gasteiger partial charge in [-0.3, -0.25) is 0 Å². The van der Waals surface area contributed by atoms with Crippen LogP contribution in [0.1, 0.15) is 72.9 Å². The Balaban J connectivity index is 0.000000209. The first kappa shape index (κ1) is 54.3. The quantitative estimate of drug-likeness (QED) is 0.100. The molecule has 0 radical (unpaired) electrons. The molecule has 0 amide bonds. The molecule has 8 aromatic carbocycles. The molecule has 4 nitrogen and oxygen atoms in total. The Morgan fingerprint density at radius 1 is 0.342 bits per heavy atom. The highest BCUT2D eigenvalue weighted by atomic mass is 31.1. The lowest BCUT2D eigenvalue weighted by atomic mass is 9.95. The summed E-state index contributed by atoms with van der Waals surface area (Å²) in [5, 5.41) is 31.2. The number of aliphatic hydroxyl groups excluding tert-OH is 2. The van der Waals surface area contributed by atoms with Crippen LogP contribution in [0.25, 0.3) is 22.3 Å². The minimum absolute atomic E-state index is 0.0169. The SMILES string of the molecule is CC(C)P(c1cccc(CO)c1-c1c(CO)cccc1P(C(C)C)C(C)C)C(C)C.c1ccc(P(c2ccccc2)c2cccc3c2-c2c(cccc2P(c2ccccc2)c2ccccc2)OCCCO3)cc1. The second kappa shape index (κ2) is 26.0. The first-order valence-corrected chi connectivity index (χ1v) is 31.5. The van der Waals surface area contributed by atoms with Crippen LogP contribution in [0.5, 0.6) is 11.5 Å². The van der Waals surface area contributed by atoms with Gasteiger partial charge in [0, 0.05) is 17.5 Å². The van der Waals surface area contributed by atoms with E-state index in [0.29, 0.717) is 35.8 Å². The number of aliphatic hydroxyl groups is 2. The summed E-state index contributed by atoms with van der Waals surface area (Å²) in [5.41, 5.74) is 8.81. The zero-order valence-corrected chi connectivity index (χ0v) is 47.4. The van der Waals surface area contributed by atoms with Crippen molar-refractivity contribution in [2.45, 2.75) is 97.7 Å². The van der Waals surface area contributed by atoms with Crippen molar-refractivity contribution in [2.75, 3.05) is 13.2 Å². The summed E-state index contributed by atoms with van der Waals surface area (Å²) in [5.74, 6) is 1.85. The van der Waals surface area contributed by atoms with Crippen LogP contribution < -0.4 is 51.9 Å². The molecule has 1 heterocycles. The lowest BCUT2D eigenvalue weighted by Crippen LogP contribution is -2.26. The zero-order chi connectivity index (χ0) is 51.4. The van der Waals surface area contributed by atoms with Gasteiger partial charge in [0.25, 0.3) is 0 Å². The monoisotopic (exact) mass is 1040 g/mol. The summed E-state index contributed by atoms with van der Waals surface area (Å²) in [7, 11) is -2.58. The Morgan fingerprint density at radius 3 is 0.918 bits per heavy atom. The smallest absolute Gasteiger partial charge is 0.127 e. The summed E-state index contributed by atoms with van der Waals surface area (Å²) < 4.78 is 13.2. The third-order valence-electron chi connectivity index (χ3n) is 13.2. The van der Waals surface area contributed by atoms with E-state index in [4.69, 9.17) is 9.47 Å². The summed E-state index contributed by atoms with van der Waals surface area (Å²) in [6.45, 7) is 19.8. The third-order valence-corrected chi connectivity index (χ3v) is 24.5. The van der Waals surface area contributed by atoms with Crippen molar-refractivity contribution in [1.29, 1.82) is 0 Å². The van der Waals surface area contributed by atoms with E-state index >= 15 is 0 Å². The molecule has 0 aliphatic carbocycles. The van der Waals surface area contributed by atoms with Crippen LogP contribution in [0.15, 0.2) is 194 Å². The number of benzene rings is 8. The molecule has 1 aliphatic heterocycles. The third kappa shape index (κ3) is 12.4. The van der Waals surface area contributed by atoms with Crippen molar-refractivity contribution in [1.82, 2.24) is 0 Å². The van der Waals surface area contributed by atoms with Crippen LogP contribution in [0.2, 0.25) is 0 Å². The molecule has 0 saturated carbocycles. The van der Waals surface area contributed by atoms with Gasteiger partial charge in [-0.1, -0.05) is 253 Å². The Labute approximate surface area is 441 Å². The first-order chi connectivity index (χ1) is 35.5. The Kier molecular flexibility index (Phi) is 19.3. The van der Waals surface area contributed by atoms with Gasteiger partial charge in [-0.15, -0.1) is 0 Å². The average Bonchev–Trinajstić information content (AvgIpc) is 3.49. The standard InChI is InChI=1S/C39H32O2P2.C26H40O2P2/c1-5-16-30(17-6-1)42(31-18-7-2-8-19-31)36-26-13-24-34-38(36)39-35(41-29-15-28-40-34)25-14-27-37(39)43(32-20-9-3-10-21-32)33-22-11-4-12-23-33;1-17(2)29(18(3)4)23-13-9-11-21(15-27)25(23)26-22(16-28)12-10-14-24(26)30(19(5)6)20(7)8/h1-14,16-27H,15,28-29H2;9-14,17-20,27-28H,15-16H2,1-8H3. The van der Waals surface area contributed by atoms with Gasteiger partial charge >= 0.3 is 0 Å². The summed E-state index contributed by atoms with van der Waals surface area (Å²) in [4.78, 5) is 0. The largest absolute Gasteiger partial charge is 0.493 e. The van der Waals surface area contributed by atoms with E-state index in [9.17, 15) is 10.2 Å². The van der Waals surface area contributed by atoms with E-state index in [2.05, 4.69) is 250 Å². The van der Waals surface area contributed by atoms with Crippen molar-refractivity contribution >= 4 is 74.1 Å². The summed E-state index contributed by atoms with van der Waals surface area (Å²) in [6, 6.07) is 69.7. The van der Waals surface area contributed by atoms with Crippen LogP contribution in [0.3, 0.4) is 0 Å². The molecule has 73 heavy (non-hydrogen) atoms. The fourth-order valence-electron chi connectivity index (χ4n) is 10.5. The average molecular weight is 1040 g/mol. The maximum atomic E-state index is 10.3. The van der Waals surface area contributed by atoms with Crippen LogP contribution in [-0.2, 0) is 13.2 Å². The van der Waals surface area contributed by atoms with Crippen molar-refractivity contribution in [3.63, 3.8) is 0 Å². The number of hydrogen-bond donors (Lipinski definition) is 2. The van der Waals surface area contributed by atoms with Crippen LogP contribution in [-0.4, -0.2) is 46.1 Å². The molecule has 0 spiro atoms. The molecular weight excluding hydrogens is 969 g/mol. The molecule has 8 aromatic rings. The van der Waals surface area contributed by atoms with E-state index in [0.717, 1.165) is 40.2 Å². The molecule has 0 saturated heterocycles. The maximum absolute atomic E-state index is 10.3. The van der Waals surface area contributed by atoms with E-state index < -0.39 is 31.7 Å². The van der Waals surface area contributed by atoms with Crippen molar-refractivity contribution in [3.05, 3.63) is 205 Å². The summed E-state index contributed by atoms with van der Waals surface area (Å²) >= 11 is 0. The van der Waals surface area contributed by atoms with E-state index in [1.807, 2.05) is 0 Å². The minimum Gasteiger partial charge on any atom is -0.493 e. The first-order valence-electron chi connectivity index (χ1n) is 25.9. The Bertz CT molecular complexity index is 2700. The number of fused-ring (bicyclic) bond motifs is 3. The van der Waals surface area contributed by atoms with E-state index in [1.54, 1.807) is 0 Å². The van der Waals surface area contributed by atoms with Crippen LogP contribution >= 0.6 is 31.7 Å². The van der Waals surface area contributed by atoms with Crippen LogP contribution in [0, 0.1) is 0 Å². The normalized spacial score (nSPS) is 12.6. The van der Waals surface area contributed by atoms with E-state index in [1.165, 1.54) is 53.6 Å². The van der Waals surface area contributed by atoms with Gasteiger partial charge in [0.1, 0.15) is 11.5 Å². The van der Waals surface area contributed by atoms with Gasteiger partial charge in [-0.25, -0.2) is 0 Å². The fraction of sp³-hybridized carbons (Fsp3) is 0.262.